The SMILES string of the molecule is CC1(C)CN(Cc2cc(Cl)ccc2F)CC(CCl)O1. The van der Waals surface area contributed by atoms with Crippen molar-refractivity contribution in [1.29, 1.82) is 0 Å². The van der Waals surface area contributed by atoms with Gasteiger partial charge < -0.3 is 4.74 Å². The average Bonchev–Trinajstić information content (AvgIpc) is 2.32. The summed E-state index contributed by atoms with van der Waals surface area (Å²) in [6.07, 6.45) is -0.0207. The van der Waals surface area contributed by atoms with E-state index in [4.69, 9.17) is 27.9 Å². The number of halogens is 3. The van der Waals surface area contributed by atoms with E-state index in [9.17, 15) is 4.39 Å². The van der Waals surface area contributed by atoms with E-state index in [0.717, 1.165) is 6.54 Å². The van der Waals surface area contributed by atoms with Gasteiger partial charge in [-0.2, -0.15) is 0 Å². The van der Waals surface area contributed by atoms with Gasteiger partial charge in [0.15, 0.2) is 0 Å². The van der Waals surface area contributed by atoms with Crippen molar-refractivity contribution < 1.29 is 9.13 Å². The van der Waals surface area contributed by atoms with Gasteiger partial charge in [0.2, 0.25) is 0 Å². The third-order valence-electron chi connectivity index (χ3n) is 3.13. The van der Waals surface area contributed by atoms with Crippen molar-refractivity contribution in [1.82, 2.24) is 4.90 Å². The molecule has 1 heterocycles. The first-order chi connectivity index (χ1) is 8.89. The van der Waals surface area contributed by atoms with Gasteiger partial charge in [0, 0.05) is 36.1 Å². The summed E-state index contributed by atoms with van der Waals surface area (Å²) in [4.78, 5) is 2.16. The number of hydrogen-bond donors (Lipinski definition) is 0. The number of benzene rings is 1. The summed E-state index contributed by atoms with van der Waals surface area (Å²) in [7, 11) is 0. The highest BCUT2D eigenvalue weighted by Crippen LogP contribution is 2.24. The molecule has 1 fully saturated rings. The topological polar surface area (TPSA) is 12.5 Å². The molecule has 2 rings (SSSR count). The largest absolute Gasteiger partial charge is 0.368 e. The zero-order valence-corrected chi connectivity index (χ0v) is 12.6. The molecule has 5 heteroatoms. The number of ether oxygens (including phenoxy) is 1. The molecule has 0 aromatic heterocycles. The lowest BCUT2D eigenvalue weighted by atomic mass is 10.0. The molecule has 0 saturated carbocycles. The molecular formula is C14H18Cl2FNO. The summed E-state index contributed by atoms with van der Waals surface area (Å²) in [5.41, 5.74) is 0.339. The molecule has 0 bridgehead atoms. The number of nitrogens with zero attached hydrogens (tertiary/aromatic N) is 1. The van der Waals surface area contributed by atoms with Crippen molar-refractivity contribution in [3.8, 4) is 0 Å². The maximum Gasteiger partial charge on any atom is 0.127 e. The average molecular weight is 306 g/mol. The quantitative estimate of drug-likeness (QED) is 0.790. The summed E-state index contributed by atoms with van der Waals surface area (Å²) >= 11 is 11.8. The van der Waals surface area contributed by atoms with Crippen LogP contribution in [0.15, 0.2) is 18.2 Å². The highest BCUT2D eigenvalue weighted by atomic mass is 35.5. The minimum atomic E-state index is -0.271. The minimum absolute atomic E-state index is 0.0207. The maximum absolute atomic E-state index is 13.8. The summed E-state index contributed by atoms with van der Waals surface area (Å²) in [5, 5.41) is 0.554. The fraction of sp³-hybridized carbons (Fsp3) is 0.571. The molecule has 1 aromatic rings. The fourth-order valence-electron chi connectivity index (χ4n) is 2.52. The first kappa shape index (κ1) is 15.0. The van der Waals surface area contributed by atoms with Crippen molar-refractivity contribution in [3.63, 3.8) is 0 Å². The molecule has 2 nitrogen and oxygen atoms in total. The van der Waals surface area contributed by atoms with Crippen LogP contribution in [0.3, 0.4) is 0 Å². The molecule has 19 heavy (non-hydrogen) atoms. The van der Waals surface area contributed by atoms with E-state index in [0.29, 0.717) is 29.6 Å². The summed E-state index contributed by atoms with van der Waals surface area (Å²) < 4.78 is 19.6. The Hall–Kier alpha value is -0.350. The molecule has 0 spiro atoms. The first-order valence-corrected chi connectivity index (χ1v) is 7.21. The van der Waals surface area contributed by atoms with Crippen LogP contribution in [0.1, 0.15) is 19.4 Å². The van der Waals surface area contributed by atoms with Crippen LogP contribution in [-0.2, 0) is 11.3 Å². The maximum atomic E-state index is 13.8. The molecule has 0 amide bonds. The van der Waals surface area contributed by atoms with E-state index in [1.165, 1.54) is 6.07 Å². The second kappa shape index (κ2) is 5.96. The van der Waals surface area contributed by atoms with Gasteiger partial charge in [-0.25, -0.2) is 4.39 Å². The molecule has 0 radical (unpaired) electrons. The van der Waals surface area contributed by atoms with Crippen molar-refractivity contribution in [2.24, 2.45) is 0 Å². The Morgan fingerprint density at radius 3 is 2.89 bits per heavy atom. The smallest absolute Gasteiger partial charge is 0.127 e. The second-order valence-electron chi connectivity index (χ2n) is 5.56. The molecular weight excluding hydrogens is 288 g/mol. The highest BCUT2D eigenvalue weighted by Gasteiger charge is 2.33. The van der Waals surface area contributed by atoms with Gasteiger partial charge in [0.05, 0.1) is 11.7 Å². The summed E-state index contributed by atoms with van der Waals surface area (Å²) in [6, 6.07) is 4.64. The van der Waals surface area contributed by atoms with Crippen LogP contribution in [0.4, 0.5) is 4.39 Å². The molecule has 1 atom stereocenters. The van der Waals surface area contributed by atoms with Crippen molar-refractivity contribution in [2.75, 3.05) is 19.0 Å². The van der Waals surface area contributed by atoms with Crippen LogP contribution in [0.25, 0.3) is 0 Å². The standard InChI is InChI=1S/C14H18Cl2FNO/c1-14(2)9-18(8-12(6-15)19-14)7-10-5-11(16)3-4-13(10)17/h3-5,12H,6-9H2,1-2H3. The van der Waals surface area contributed by atoms with E-state index in [1.807, 2.05) is 13.8 Å². The molecule has 1 aliphatic heterocycles. The molecule has 1 aromatic carbocycles. The van der Waals surface area contributed by atoms with Crippen LogP contribution in [0, 0.1) is 5.82 Å². The van der Waals surface area contributed by atoms with Gasteiger partial charge in [0.1, 0.15) is 5.82 Å². The molecule has 1 saturated heterocycles. The molecule has 0 aliphatic carbocycles. The Morgan fingerprint density at radius 2 is 2.21 bits per heavy atom. The minimum Gasteiger partial charge on any atom is -0.368 e. The second-order valence-corrected chi connectivity index (χ2v) is 6.30. The molecule has 106 valence electrons. The van der Waals surface area contributed by atoms with Crippen LogP contribution in [0.5, 0.6) is 0 Å². The monoisotopic (exact) mass is 305 g/mol. The first-order valence-electron chi connectivity index (χ1n) is 6.30. The lowest BCUT2D eigenvalue weighted by molar-refractivity contribution is -0.129. The lowest BCUT2D eigenvalue weighted by Gasteiger charge is -2.42. The van der Waals surface area contributed by atoms with E-state index >= 15 is 0 Å². The van der Waals surface area contributed by atoms with Crippen molar-refractivity contribution >= 4 is 23.2 Å². The van der Waals surface area contributed by atoms with Gasteiger partial charge in [0.25, 0.3) is 0 Å². The van der Waals surface area contributed by atoms with Gasteiger partial charge in [-0.05, 0) is 32.0 Å². The van der Waals surface area contributed by atoms with Crippen molar-refractivity contribution in [2.45, 2.75) is 32.1 Å². The van der Waals surface area contributed by atoms with E-state index in [1.54, 1.807) is 12.1 Å². The van der Waals surface area contributed by atoms with Crippen LogP contribution >= 0.6 is 23.2 Å². The predicted octanol–water partition coefficient (Wildman–Crippen LogP) is 3.70. The third kappa shape index (κ3) is 4.06. The van der Waals surface area contributed by atoms with Crippen molar-refractivity contribution in [3.05, 3.63) is 34.6 Å². The fourth-order valence-corrected chi connectivity index (χ4v) is 2.88. The normalized spacial score (nSPS) is 23.5. The number of hydrogen-bond acceptors (Lipinski definition) is 2. The molecule has 0 N–H and O–H groups in total. The van der Waals surface area contributed by atoms with E-state index in [-0.39, 0.29) is 17.5 Å². The zero-order chi connectivity index (χ0) is 14.0. The summed E-state index contributed by atoms with van der Waals surface area (Å²) in [6.45, 7) is 6.01. The Balaban J connectivity index is 2.11. The highest BCUT2D eigenvalue weighted by molar-refractivity contribution is 6.30. The van der Waals surface area contributed by atoms with E-state index in [2.05, 4.69) is 4.90 Å². The molecule has 1 aliphatic rings. The summed E-state index contributed by atoms with van der Waals surface area (Å²) in [5.74, 6) is 0.217. The van der Waals surface area contributed by atoms with Gasteiger partial charge in [-0.1, -0.05) is 11.6 Å². The Morgan fingerprint density at radius 1 is 1.47 bits per heavy atom. The Bertz CT molecular complexity index is 453. The number of morpholine rings is 1. The Labute approximate surface area is 123 Å². The number of alkyl halides is 1. The van der Waals surface area contributed by atoms with Gasteiger partial charge >= 0.3 is 0 Å². The van der Waals surface area contributed by atoms with Crippen LogP contribution in [0.2, 0.25) is 5.02 Å². The predicted molar refractivity (Wildman–Crippen MR) is 76.4 cm³/mol. The number of rotatable bonds is 3. The third-order valence-corrected chi connectivity index (χ3v) is 3.71. The van der Waals surface area contributed by atoms with Crippen LogP contribution < -0.4 is 0 Å². The molecule has 1 unspecified atom stereocenters. The van der Waals surface area contributed by atoms with Gasteiger partial charge in [-0.3, -0.25) is 4.90 Å². The Kier molecular flexibility index (Phi) is 4.72. The van der Waals surface area contributed by atoms with E-state index < -0.39 is 0 Å². The zero-order valence-electron chi connectivity index (χ0n) is 11.1. The van der Waals surface area contributed by atoms with Crippen LogP contribution in [-0.4, -0.2) is 35.6 Å². The van der Waals surface area contributed by atoms with Gasteiger partial charge in [-0.15, -0.1) is 11.6 Å². The lowest BCUT2D eigenvalue weighted by Crippen LogP contribution is -2.52.